The molecule has 0 fully saturated rings. The highest BCUT2D eigenvalue weighted by atomic mass is 19.1. The Labute approximate surface area is 157 Å². The van der Waals surface area contributed by atoms with Gasteiger partial charge >= 0.3 is 0 Å². The Morgan fingerprint density at radius 2 is 1.85 bits per heavy atom. The van der Waals surface area contributed by atoms with E-state index in [1.165, 1.54) is 12.3 Å². The second kappa shape index (κ2) is 7.14. The minimum Gasteiger partial charge on any atom is -0.324 e. The zero-order valence-corrected chi connectivity index (χ0v) is 15.4. The Morgan fingerprint density at radius 1 is 1.15 bits per heavy atom. The molecule has 0 aliphatic heterocycles. The van der Waals surface area contributed by atoms with Crippen molar-refractivity contribution in [1.82, 2.24) is 9.97 Å². The highest BCUT2D eigenvalue weighted by Crippen LogP contribution is 2.26. The zero-order valence-electron chi connectivity index (χ0n) is 15.4. The molecule has 0 amide bonds. The highest BCUT2D eigenvalue weighted by Gasteiger charge is 2.15. The first kappa shape index (κ1) is 18.5. The summed E-state index contributed by atoms with van der Waals surface area (Å²) in [4.78, 5) is 8.61. The van der Waals surface area contributed by atoms with Crippen LogP contribution < -0.4 is 11.1 Å². The van der Waals surface area contributed by atoms with Gasteiger partial charge in [0.25, 0.3) is 0 Å². The van der Waals surface area contributed by atoms with Crippen LogP contribution in [0.1, 0.15) is 30.5 Å². The number of halogens is 1. The largest absolute Gasteiger partial charge is 0.324 e. The summed E-state index contributed by atoms with van der Waals surface area (Å²) in [7, 11) is 0. The van der Waals surface area contributed by atoms with E-state index >= 15 is 0 Å². The summed E-state index contributed by atoms with van der Waals surface area (Å²) < 4.78 is 13.7. The summed E-state index contributed by atoms with van der Waals surface area (Å²) >= 11 is 0. The van der Waals surface area contributed by atoms with Gasteiger partial charge in [0.15, 0.2) is 0 Å². The van der Waals surface area contributed by atoms with E-state index < -0.39 is 5.54 Å². The number of benzene rings is 2. The van der Waals surface area contributed by atoms with Crippen molar-refractivity contribution in [1.29, 1.82) is 5.26 Å². The standard InChI is InChI=1S/C21H20FN5/c1-13-4-9-17(10-18(13)22)26-20-25-12-15(11-23)19(27-20)14-5-7-16(8-6-14)21(2,3)24/h4-10,12H,24H2,1-3H3,(H,25,26,27). The predicted molar refractivity (Wildman–Crippen MR) is 104 cm³/mol. The molecule has 0 bridgehead atoms. The molecular weight excluding hydrogens is 341 g/mol. The summed E-state index contributed by atoms with van der Waals surface area (Å²) in [5.41, 5.74) is 9.38. The molecule has 0 atom stereocenters. The Bertz CT molecular complexity index is 1010. The average Bonchev–Trinajstić information content (AvgIpc) is 2.64. The van der Waals surface area contributed by atoms with Crippen LogP contribution in [0.2, 0.25) is 0 Å². The molecule has 3 N–H and O–H groups in total. The van der Waals surface area contributed by atoms with Gasteiger partial charge in [0.2, 0.25) is 5.95 Å². The maximum absolute atomic E-state index is 13.7. The Balaban J connectivity index is 1.96. The van der Waals surface area contributed by atoms with Crippen LogP contribution in [0, 0.1) is 24.1 Å². The summed E-state index contributed by atoms with van der Waals surface area (Å²) in [6, 6.07) is 14.5. The average molecular weight is 361 g/mol. The van der Waals surface area contributed by atoms with Crippen LogP contribution >= 0.6 is 0 Å². The highest BCUT2D eigenvalue weighted by molar-refractivity contribution is 5.68. The summed E-state index contributed by atoms with van der Waals surface area (Å²) in [6.07, 6.45) is 1.45. The van der Waals surface area contributed by atoms with Crippen molar-refractivity contribution in [2.75, 3.05) is 5.32 Å². The Morgan fingerprint density at radius 3 is 2.44 bits per heavy atom. The van der Waals surface area contributed by atoms with Crippen molar-refractivity contribution >= 4 is 11.6 Å². The van der Waals surface area contributed by atoms with Crippen molar-refractivity contribution in [3.63, 3.8) is 0 Å². The molecule has 1 aromatic heterocycles. The van der Waals surface area contributed by atoms with E-state index in [0.29, 0.717) is 22.5 Å². The van der Waals surface area contributed by atoms with Crippen molar-refractivity contribution in [2.24, 2.45) is 5.73 Å². The minimum absolute atomic E-state index is 0.287. The van der Waals surface area contributed by atoms with Crippen LogP contribution in [0.15, 0.2) is 48.7 Å². The number of hydrogen-bond donors (Lipinski definition) is 2. The van der Waals surface area contributed by atoms with Gasteiger partial charge in [0, 0.05) is 16.8 Å². The van der Waals surface area contributed by atoms with E-state index in [1.807, 2.05) is 38.1 Å². The predicted octanol–water partition coefficient (Wildman–Crippen LogP) is 4.40. The fourth-order valence-electron chi connectivity index (χ4n) is 2.60. The third-order valence-corrected chi connectivity index (χ3v) is 4.24. The van der Waals surface area contributed by atoms with Gasteiger partial charge in [-0.15, -0.1) is 0 Å². The third kappa shape index (κ3) is 4.10. The molecule has 3 aromatic rings. The molecule has 3 rings (SSSR count). The lowest BCUT2D eigenvalue weighted by atomic mass is 9.94. The Kier molecular flexibility index (Phi) is 4.89. The van der Waals surface area contributed by atoms with Crippen LogP contribution in [0.25, 0.3) is 11.3 Å². The topological polar surface area (TPSA) is 87.6 Å². The number of rotatable bonds is 4. The first-order valence-corrected chi connectivity index (χ1v) is 8.48. The lowest BCUT2D eigenvalue weighted by Crippen LogP contribution is -2.28. The first-order valence-electron chi connectivity index (χ1n) is 8.48. The number of nitrogens with two attached hydrogens (primary N) is 1. The van der Waals surface area contributed by atoms with Crippen molar-refractivity contribution < 1.29 is 4.39 Å². The number of nitrogens with zero attached hydrogens (tertiary/aromatic N) is 3. The van der Waals surface area contributed by atoms with E-state index in [0.717, 1.165) is 11.1 Å². The van der Waals surface area contributed by atoms with E-state index in [-0.39, 0.29) is 11.8 Å². The molecule has 0 aliphatic carbocycles. The lowest BCUT2D eigenvalue weighted by Gasteiger charge is -2.19. The molecule has 0 unspecified atom stereocenters. The smallest absolute Gasteiger partial charge is 0.227 e. The molecule has 6 heteroatoms. The molecule has 136 valence electrons. The van der Waals surface area contributed by atoms with Crippen LogP contribution in [0.5, 0.6) is 0 Å². The maximum atomic E-state index is 13.7. The van der Waals surface area contributed by atoms with E-state index in [9.17, 15) is 9.65 Å². The Hall–Kier alpha value is -3.30. The minimum atomic E-state index is -0.454. The fraction of sp³-hybridized carbons (Fsp3) is 0.190. The molecule has 27 heavy (non-hydrogen) atoms. The van der Waals surface area contributed by atoms with Gasteiger partial charge < -0.3 is 11.1 Å². The number of aryl methyl sites for hydroxylation is 1. The molecule has 0 saturated carbocycles. The second-order valence-corrected chi connectivity index (χ2v) is 6.96. The number of hydrogen-bond acceptors (Lipinski definition) is 5. The molecular formula is C21H20FN5. The van der Waals surface area contributed by atoms with Crippen molar-refractivity contribution in [3.05, 3.63) is 71.2 Å². The summed E-state index contributed by atoms with van der Waals surface area (Å²) in [5.74, 6) is -0.0238. The van der Waals surface area contributed by atoms with Gasteiger partial charge in [0.1, 0.15) is 11.9 Å². The third-order valence-electron chi connectivity index (χ3n) is 4.24. The quantitative estimate of drug-likeness (QED) is 0.719. The lowest BCUT2D eigenvalue weighted by molar-refractivity contribution is 0.554. The monoisotopic (exact) mass is 361 g/mol. The van der Waals surface area contributed by atoms with Crippen molar-refractivity contribution in [2.45, 2.75) is 26.3 Å². The van der Waals surface area contributed by atoms with E-state index in [4.69, 9.17) is 5.73 Å². The van der Waals surface area contributed by atoms with Crippen LogP contribution in [0.4, 0.5) is 16.0 Å². The van der Waals surface area contributed by atoms with Crippen LogP contribution in [-0.4, -0.2) is 9.97 Å². The van der Waals surface area contributed by atoms with Gasteiger partial charge in [-0.1, -0.05) is 30.3 Å². The molecule has 0 radical (unpaired) electrons. The summed E-state index contributed by atoms with van der Waals surface area (Å²) in [5, 5.41) is 12.4. The van der Waals surface area contributed by atoms with E-state index in [1.54, 1.807) is 19.1 Å². The molecule has 5 nitrogen and oxygen atoms in total. The van der Waals surface area contributed by atoms with Gasteiger partial charge in [-0.25, -0.2) is 14.4 Å². The van der Waals surface area contributed by atoms with Crippen molar-refractivity contribution in [3.8, 4) is 17.3 Å². The SMILES string of the molecule is Cc1ccc(Nc2ncc(C#N)c(-c3ccc(C(C)(C)N)cc3)n2)cc1F. The number of anilines is 2. The molecule has 1 heterocycles. The molecule has 0 aliphatic rings. The zero-order chi connectivity index (χ0) is 19.6. The van der Waals surface area contributed by atoms with Gasteiger partial charge in [-0.2, -0.15) is 5.26 Å². The normalized spacial score (nSPS) is 11.1. The van der Waals surface area contributed by atoms with Gasteiger partial charge in [-0.3, -0.25) is 0 Å². The second-order valence-electron chi connectivity index (χ2n) is 6.96. The van der Waals surface area contributed by atoms with Crippen LogP contribution in [-0.2, 0) is 5.54 Å². The number of nitriles is 1. The van der Waals surface area contributed by atoms with Gasteiger partial charge in [0.05, 0.1) is 17.5 Å². The molecule has 0 saturated heterocycles. The number of aromatic nitrogens is 2. The fourth-order valence-corrected chi connectivity index (χ4v) is 2.60. The maximum Gasteiger partial charge on any atom is 0.227 e. The molecule has 2 aromatic carbocycles. The first-order chi connectivity index (χ1) is 12.8. The van der Waals surface area contributed by atoms with Crippen LogP contribution in [0.3, 0.4) is 0 Å². The summed E-state index contributed by atoms with van der Waals surface area (Å²) in [6.45, 7) is 5.55. The van der Waals surface area contributed by atoms with Gasteiger partial charge in [-0.05, 0) is 44.0 Å². The number of nitrogens with one attached hydrogen (secondary N) is 1. The molecule has 0 spiro atoms. The van der Waals surface area contributed by atoms with E-state index in [2.05, 4.69) is 21.4 Å².